The van der Waals surface area contributed by atoms with Crippen LogP contribution in [0.3, 0.4) is 0 Å². The molecule has 1 aliphatic rings. The first-order valence-corrected chi connectivity index (χ1v) is 11.7. The van der Waals surface area contributed by atoms with Gasteiger partial charge in [-0.2, -0.15) is 0 Å². The van der Waals surface area contributed by atoms with Crippen LogP contribution in [0.4, 0.5) is 5.82 Å². The summed E-state index contributed by atoms with van der Waals surface area (Å²) in [6.07, 6.45) is -2.05. The number of phenolic OH excluding ortho intramolecular Hbond substituents is 1. The van der Waals surface area contributed by atoms with E-state index in [-0.39, 0.29) is 45.1 Å². The molecule has 14 nitrogen and oxygen atoms in total. The van der Waals surface area contributed by atoms with E-state index in [1.54, 1.807) is 0 Å². The van der Waals surface area contributed by atoms with E-state index in [0.717, 1.165) is 0 Å². The van der Waals surface area contributed by atoms with Gasteiger partial charge in [-0.3, -0.25) is 14.4 Å². The van der Waals surface area contributed by atoms with Gasteiger partial charge in [0.1, 0.15) is 36.1 Å². The number of aromatic nitrogens is 4. The number of hydrogen-bond donors (Lipinski definition) is 7. The molecule has 1 aliphatic heterocycles. The van der Waals surface area contributed by atoms with Gasteiger partial charge in [-0.05, 0) is 28.1 Å². The van der Waals surface area contributed by atoms with Crippen LogP contribution in [-0.4, -0.2) is 74.7 Å². The molecule has 1 saturated heterocycles. The largest absolute Gasteiger partial charge is 0.524 e. The number of aromatic hydroxyl groups is 1. The zero-order valence-corrected chi connectivity index (χ0v) is 19.0. The molecule has 3 heterocycles. The van der Waals surface area contributed by atoms with Gasteiger partial charge < -0.3 is 35.0 Å². The Morgan fingerprint density at radius 3 is 2.64 bits per heavy atom. The Morgan fingerprint density at radius 2 is 1.97 bits per heavy atom. The lowest BCUT2D eigenvalue weighted by molar-refractivity contribution is -0.0511. The maximum atomic E-state index is 11.1. The van der Waals surface area contributed by atoms with Crippen LogP contribution in [0.1, 0.15) is 11.8 Å². The van der Waals surface area contributed by atoms with Crippen molar-refractivity contribution in [1.82, 2.24) is 19.5 Å². The molecule has 0 unspecified atom stereocenters. The Bertz CT molecular complexity index is 1220. The lowest BCUT2D eigenvalue weighted by atomic mass is 10.1. The second kappa shape index (κ2) is 9.12. The van der Waals surface area contributed by atoms with Crippen molar-refractivity contribution in [1.29, 1.82) is 0 Å². The summed E-state index contributed by atoms with van der Waals surface area (Å²) in [5, 5.41) is 42.8. The van der Waals surface area contributed by atoms with Crippen LogP contribution in [0, 0.1) is 0 Å². The van der Waals surface area contributed by atoms with Crippen molar-refractivity contribution in [3.05, 3.63) is 34.8 Å². The van der Waals surface area contributed by atoms with Gasteiger partial charge >= 0.3 is 7.82 Å². The average Bonchev–Trinajstić information content (AvgIpc) is 3.30. The number of phosphoric ester groups is 1. The first-order chi connectivity index (χ1) is 15.6. The number of hydrogen-bond acceptors (Lipinski definition) is 11. The van der Waals surface area contributed by atoms with Gasteiger partial charge in [-0.15, -0.1) is 0 Å². The van der Waals surface area contributed by atoms with Crippen LogP contribution in [-0.2, 0) is 15.8 Å². The third-order valence-corrected chi connectivity index (χ3v) is 5.99. The van der Waals surface area contributed by atoms with Crippen molar-refractivity contribution in [2.75, 3.05) is 11.9 Å². The maximum absolute atomic E-state index is 11.1. The maximum Gasteiger partial charge on any atom is 0.524 e. The molecule has 16 heteroatoms. The van der Waals surface area contributed by atoms with Crippen LogP contribution in [0.15, 0.2) is 29.3 Å². The summed E-state index contributed by atoms with van der Waals surface area (Å²) in [5.41, 5.74) is 0.796. The summed E-state index contributed by atoms with van der Waals surface area (Å²) in [6.45, 7) is -0.511. The van der Waals surface area contributed by atoms with Crippen LogP contribution >= 0.6 is 23.8 Å². The van der Waals surface area contributed by atoms with Crippen molar-refractivity contribution in [3.63, 3.8) is 0 Å². The second-order valence-corrected chi connectivity index (χ2v) is 9.14. The fourth-order valence-corrected chi connectivity index (χ4v) is 4.27. The highest BCUT2D eigenvalue weighted by Gasteiger charge is 2.44. The van der Waals surface area contributed by atoms with Gasteiger partial charge in [0, 0.05) is 12.1 Å². The molecule has 4 rings (SSSR count). The molecule has 0 amide bonds. The number of imidazole rings is 1. The third-order valence-electron chi connectivity index (χ3n) is 4.94. The molecule has 0 saturated carbocycles. The summed E-state index contributed by atoms with van der Waals surface area (Å²) in [4.78, 5) is 30.5. The molecule has 4 atom stereocenters. The molecule has 0 radical (unpaired) electrons. The molecule has 1 aromatic carbocycles. The normalized spacial score (nSPS) is 23.2. The van der Waals surface area contributed by atoms with Crippen molar-refractivity contribution >= 4 is 40.7 Å². The first kappa shape index (κ1) is 23.8. The van der Waals surface area contributed by atoms with Crippen molar-refractivity contribution < 1.29 is 44.0 Å². The van der Waals surface area contributed by atoms with E-state index in [1.165, 1.54) is 29.4 Å². The fraction of sp³-hybridized carbons (Fsp3) is 0.353. The quantitative estimate of drug-likeness (QED) is 0.194. The van der Waals surface area contributed by atoms with Gasteiger partial charge in [0.05, 0.1) is 17.4 Å². The number of nitrogens with one attached hydrogen (secondary N) is 1. The minimum Gasteiger partial charge on any atom is -0.506 e. The average molecular weight is 548 g/mol. The number of fused-ring (bicyclic) bond motifs is 1. The lowest BCUT2D eigenvalue weighted by Crippen LogP contribution is -2.33. The number of nitrogens with zero attached hydrogens (tertiary/aromatic N) is 4. The standard InChI is InChI=1S/C17H19BrN5O9P/c18-9-2-8(32-33(28,29)30)1-7(12(9)25)3-19-15-11-16(21-5-20-15)23(6-22-11)17-14(27)13(26)10(4-24)31-17/h1-2,5-6,10,13-14,17,24-27H,3-4H2,(H,19,20,21)(H2,28,29,30)/t10-,13-,14-,17-/m1/s1. The predicted molar refractivity (Wildman–Crippen MR) is 114 cm³/mol. The molecule has 1 fully saturated rings. The molecule has 2 aromatic heterocycles. The highest BCUT2D eigenvalue weighted by Crippen LogP contribution is 2.41. The first-order valence-electron chi connectivity index (χ1n) is 9.39. The number of ether oxygens (including phenoxy) is 1. The van der Waals surface area contributed by atoms with Gasteiger partial charge in [0.2, 0.25) is 0 Å². The molecule has 0 aliphatic carbocycles. The molecule has 0 bridgehead atoms. The highest BCUT2D eigenvalue weighted by atomic mass is 79.9. The Labute approximate surface area is 193 Å². The van der Waals surface area contributed by atoms with E-state index in [4.69, 9.17) is 14.5 Å². The highest BCUT2D eigenvalue weighted by molar-refractivity contribution is 9.10. The number of phenols is 1. The van der Waals surface area contributed by atoms with Crippen LogP contribution in [0.2, 0.25) is 0 Å². The molecular weight excluding hydrogens is 529 g/mol. The topological polar surface area (TPSA) is 213 Å². The molecule has 7 N–H and O–H groups in total. The number of aliphatic hydroxyl groups excluding tert-OH is 3. The van der Waals surface area contributed by atoms with E-state index < -0.39 is 39.0 Å². The van der Waals surface area contributed by atoms with Gasteiger partial charge in [0.25, 0.3) is 0 Å². The molecule has 3 aromatic rings. The zero-order valence-electron chi connectivity index (χ0n) is 16.6. The minimum atomic E-state index is -4.80. The number of halogens is 1. The van der Waals surface area contributed by atoms with Crippen molar-refractivity contribution in [2.45, 2.75) is 31.1 Å². The van der Waals surface area contributed by atoms with Gasteiger partial charge in [-0.25, -0.2) is 19.5 Å². The second-order valence-electron chi connectivity index (χ2n) is 7.12. The zero-order chi connectivity index (χ0) is 23.9. The van der Waals surface area contributed by atoms with E-state index >= 15 is 0 Å². The number of rotatable bonds is 7. The van der Waals surface area contributed by atoms with E-state index in [9.17, 15) is 25.0 Å². The summed E-state index contributed by atoms with van der Waals surface area (Å²) >= 11 is 3.10. The smallest absolute Gasteiger partial charge is 0.506 e. The minimum absolute atomic E-state index is 0.0321. The third kappa shape index (κ3) is 4.81. The Hall–Kier alpha value is -2.36. The van der Waals surface area contributed by atoms with Crippen LogP contribution in [0.25, 0.3) is 11.2 Å². The monoisotopic (exact) mass is 547 g/mol. The Kier molecular flexibility index (Phi) is 6.57. The van der Waals surface area contributed by atoms with Crippen molar-refractivity contribution in [2.24, 2.45) is 0 Å². The Morgan fingerprint density at radius 1 is 1.21 bits per heavy atom. The lowest BCUT2D eigenvalue weighted by Gasteiger charge is -2.16. The van der Waals surface area contributed by atoms with E-state index in [0.29, 0.717) is 0 Å². The van der Waals surface area contributed by atoms with Gasteiger partial charge in [0.15, 0.2) is 23.2 Å². The van der Waals surface area contributed by atoms with E-state index in [2.05, 4.69) is 40.7 Å². The number of anilines is 1. The SMILES string of the molecule is O=P(O)(O)Oc1cc(Br)c(O)c(CNc2ncnc3c2ncn3[C@@H]2O[C@H](CO)[C@@H](O)[C@H]2O)c1. The fourth-order valence-electron chi connectivity index (χ4n) is 3.41. The van der Waals surface area contributed by atoms with Crippen LogP contribution in [0.5, 0.6) is 11.5 Å². The summed E-state index contributed by atoms with van der Waals surface area (Å²) < 4.78 is 22.8. The number of aliphatic hydroxyl groups is 3. The molecular formula is C17H19BrN5O9P. The predicted octanol–water partition coefficient (Wildman–Crippen LogP) is -0.0105. The number of phosphoric acid groups is 1. The van der Waals surface area contributed by atoms with Crippen molar-refractivity contribution in [3.8, 4) is 11.5 Å². The Balaban J connectivity index is 1.60. The van der Waals surface area contributed by atoms with Crippen LogP contribution < -0.4 is 9.84 Å². The van der Waals surface area contributed by atoms with E-state index in [1.807, 2.05) is 0 Å². The summed E-state index contributed by atoms with van der Waals surface area (Å²) in [5.74, 6) is -0.0866. The molecule has 33 heavy (non-hydrogen) atoms. The molecule has 178 valence electrons. The number of benzene rings is 1. The van der Waals surface area contributed by atoms with Gasteiger partial charge in [-0.1, -0.05) is 0 Å². The summed E-state index contributed by atoms with van der Waals surface area (Å²) in [7, 11) is -4.80. The summed E-state index contributed by atoms with van der Waals surface area (Å²) in [6, 6.07) is 2.46. The molecule has 0 spiro atoms.